The van der Waals surface area contributed by atoms with Crippen molar-refractivity contribution in [3.63, 3.8) is 0 Å². The Kier molecular flexibility index (Phi) is 7.52. The summed E-state index contributed by atoms with van der Waals surface area (Å²) < 4.78 is 0. The maximum Gasteiger partial charge on any atom is 0.273 e. The monoisotopic (exact) mass is 452 g/mol. The second-order valence-electron chi connectivity index (χ2n) is 7.34. The molecule has 10 heteroatoms. The number of nitro groups is 1. The van der Waals surface area contributed by atoms with Crippen LogP contribution in [0.4, 0.5) is 17.1 Å². The highest BCUT2D eigenvalue weighted by Gasteiger charge is 2.23. The number of unbranched alkanes of at least 4 members (excludes halogenated alkanes) is 1. The summed E-state index contributed by atoms with van der Waals surface area (Å²) in [5.41, 5.74) is -0.303. The molecule has 0 fully saturated rings. The lowest BCUT2D eigenvalue weighted by atomic mass is 10.0. The Balaban J connectivity index is 2.08. The molecule has 0 saturated heterocycles. The van der Waals surface area contributed by atoms with E-state index in [1.807, 2.05) is 6.92 Å². The zero-order valence-corrected chi connectivity index (χ0v) is 18.0. The van der Waals surface area contributed by atoms with Crippen LogP contribution in [-0.4, -0.2) is 50.7 Å². The van der Waals surface area contributed by atoms with Crippen LogP contribution in [0.25, 0.3) is 10.8 Å². The normalized spacial score (nSPS) is 11.2. The largest absolute Gasteiger partial charge is 0.505 e. The van der Waals surface area contributed by atoms with E-state index in [0.717, 1.165) is 18.9 Å². The molecule has 1 amide bonds. The molecule has 0 aliphatic carbocycles. The van der Waals surface area contributed by atoms with Gasteiger partial charge in [0.2, 0.25) is 0 Å². The molecule has 0 aliphatic rings. The number of fused-ring (bicyclic) bond motifs is 1. The molecular weight excluding hydrogens is 428 g/mol. The van der Waals surface area contributed by atoms with Gasteiger partial charge in [0.25, 0.3) is 11.6 Å². The first-order chi connectivity index (χ1) is 15.9. The van der Waals surface area contributed by atoms with E-state index in [9.17, 15) is 30.2 Å². The van der Waals surface area contributed by atoms with Crippen molar-refractivity contribution >= 4 is 33.7 Å². The number of phenols is 2. The SMILES string of the molecule is CCCCN(CCO)C(=O)c1cc2ccccc2c(N=Nc2ccc([N+](=O)[O-])cc2O)c1O. The maximum atomic E-state index is 13.2. The Labute approximate surface area is 189 Å². The lowest BCUT2D eigenvalue weighted by Crippen LogP contribution is -2.34. The third-order valence-corrected chi connectivity index (χ3v) is 5.09. The van der Waals surface area contributed by atoms with Gasteiger partial charge in [0.15, 0.2) is 5.75 Å². The van der Waals surface area contributed by atoms with Gasteiger partial charge in [0.1, 0.15) is 17.1 Å². The number of rotatable bonds is 9. The molecule has 0 saturated carbocycles. The fraction of sp³-hybridized carbons (Fsp3) is 0.261. The van der Waals surface area contributed by atoms with E-state index in [1.54, 1.807) is 30.3 Å². The molecule has 0 heterocycles. The van der Waals surface area contributed by atoms with Crippen molar-refractivity contribution in [2.45, 2.75) is 19.8 Å². The molecule has 3 aromatic rings. The zero-order valence-electron chi connectivity index (χ0n) is 18.0. The van der Waals surface area contributed by atoms with Gasteiger partial charge < -0.3 is 20.2 Å². The highest BCUT2D eigenvalue weighted by molar-refractivity contribution is 6.06. The molecule has 33 heavy (non-hydrogen) atoms. The summed E-state index contributed by atoms with van der Waals surface area (Å²) >= 11 is 0. The number of hydrogen-bond acceptors (Lipinski definition) is 8. The van der Waals surface area contributed by atoms with Crippen molar-refractivity contribution in [1.29, 1.82) is 0 Å². The molecule has 3 aromatic carbocycles. The third kappa shape index (κ3) is 5.24. The van der Waals surface area contributed by atoms with Gasteiger partial charge in [-0.2, -0.15) is 0 Å². The van der Waals surface area contributed by atoms with Gasteiger partial charge in [0, 0.05) is 24.5 Å². The topological polar surface area (TPSA) is 149 Å². The van der Waals surface area contributed by atoms with Crippen LogP contribution in [0, 0.1) is 10.1 Å². The molecule has 3 rings (SSSR count). The number of carbonyl (C=O) groups is 1. The van der Waals surface area contributed by atoms with Crippen molar-refractivity contribution in [1.82, 2.24) is 4.90 Å². The summed E-state index contributed by atoms with van der Waals surface area (Å²) in [6.45, 7) is 2.32. The highest BCUT2D eigenvalue weighted by atomic mass is 16.6. The van der Waals surface area contributed by atoms with Crippen molar-refractivity contribution in [2.75, 3.05) is 19.7 Å². The molecule has 3 N–H and O–H groups in total. The summed E-state index contributed by atoms with van der Waals surface area (Å²) in [5.74, 6) is -1.28. The molecule has 0 bridgehead atoms. The number of aromatic hydroxyl groups is 2. The second kappa shape index (κ2) is 10.5. The molecule has 0 atom stereocenters. The Morgan fingerprint density at radius 2 is 1.85 bits per heavy atom. The number of benzene rings is 3. The number of aliphatic hydroxyl groups excluding tert-OH is 1. The summed E-state index contributed by atoms with van der Waals surface area (Å²) in [6.07, 6.45) is 1.60. The van der Waals surface area contributed by atoms with E-state index in [0.29, 0.717) is 17.3 Å². The van der Waals surface area contributed by atoms with Crippen LogP contribution in [-0.2, 0) is 0 Å². The average molecular weight is 452 g/mol. The number of non-ortho nitro benzene ring substituents is 1. The van der Waals surface area contributed by atoms with Gasteiger partial charge in [-0.3, -0.25) is 14.9 Å². The Bertz CT molecular complexity index is 1210. The lowest BCUT2D eigenvalue weighted by molar-refractivity contribution is -0.384. The number of hydrogen-bond donors (Lipinski definition) is 3. The summed E-state index contributed by atoms with van der Waals surface area (Å²) in [6, 6.07) is 11.9. The predicted octanol–water partition coefficient (Wildman–Crippen LogP) is 4.81. The van der Waals surface area contributed by atoms with Gasteiger partial charge in [-0.15, -0.1) is 10.2 Å². The lowest BCUT2D eigenvalue weighted by Gasteiger charge is -2.22. The zero-order chi connectivity index (χ0) is 24.0. The van der Waals surface area contributed by atoms with Gasteiger partial charge in [-0.05, 0) is 23.9 Å². The second-order valence-corrected chi connectivity index (χ2v) is 7.34. The molecule has 0 unspecified atom stereocenters. The first kappa shape index (κ1) is 23.6. The van der Waals surface area contributed by atoms with E-state index < -0.39 is 16.6 Å². The van der Waals surface area contributed by atoms with Gasteiger partial charge >= 0.3 is 0 Å². The average Bonchev–Trinajstić information content (AvgIpc) is 2.81. The number of carbonyl (C=O) groups excluding carboxylic acids is 1. The first-order valence-corrected chi connectivity index (χ1v) is 10.4. The minimum absolute atomic E-state index is 0.0140. The van der Waals surface area contributed by atoms with Crippen LogP contribution in [0.15, 0.2) is 58.8 Å². The van der Waals surface area contributed by atoms with Crippen LogP contribution in [0.1, 0.15) is 30.1 Å². The molecular formula is C23H24N4O6. The van der Waals surface area contributed by atoms with E-state index in [1.165, 1.54) is 17.0 Å². The van der Waals surface area contributed by atoms with Crippen molar-refractivity contribution in [3.05, 3.63) is 64.2 Å². The molecule has 0 aliphatic heterocycles. The van der Waals surface area contributed by atoms with E-state index in [2.05, 4.69) is 10.2 Å². The quantitative estimate of drug-likeness (QED) is 0.241. The highest BCUT2D eigenvalue weighted by Crippen LogP contribution is 2.41. The van der Waals surface area contributed by atoms with E-state index in [4.69, 9.17) is 0 Å². The van der Waals surface area contributed by atoms with Crippen LogP contribution in [0.5, 0.6) is 11.5 Å². The van der Waals surface area contributed by atoms with Crippen LogP contribution in [0.3, 0.4) is 0 Å². The van der Waals surface area contributed by atoms with Gasteiger partial charge in [-0.25, -0.2) is 0 Å². The predicted molar refractivity (Wildman–Crippen MR) is 122 cm³/mol. The molecule has 172 valence electrons. The molecule has 0 spiro atoms. The minimum atomic E-state index is -0.647. The van der Waals surface area contributed by atoms with Crippen LogP contribution in [0.2, 0.25) is 0 Å². The summed E-state index contributed by atoms with van der Waals surface area (Å²) in [7, 11) is 0. The van der Waals surface area contributed by atoms with E-state index >= 15 is 0 Å². The molecule has 10 nitrogen and oxygen atoms in total. The number of aliphatic hydroxyl groups is 1. The van der Waals surface area contributed by atoms with Crippen LogP contribution < -0.4 is 0 Å². The number of azo groups is 1. The van der Waals surface area contributed by atoms with Gasteiger partial charge in [-0.1, -0.05) is 37.6 Å². The first-order valence-electron chi connectivity index (χ1n) is 10.4. The fourth-order valence-corrected chi connectivity index (χ4v) is 3.35. The van der Waals surface area contributed by atoms with Crippen molar-refractivity contribution in [2.24, 2.45) is 10.2 Å². The Morgan fingerprint density at radius 3 is 2.52 bits per heavy atom. The smallest absolute Gasteiger partial charge is 0.273 e. The maximum absolute atomic E-state index is 13.2. The summed E-state index contributed by atoms with van der Waals surface area (Å²) in [5, 5.41) is 50.4. The number of nitro benzene ring substituents is 1. The number of nitrogens with zero attached hydrogens (tertiary/aromatic N) is 4. The van der Waals surface area contributed by atoms with Crippen molar-refractivity contribution in [3.8, 4) is 11.5 Å². The number of amides is 1. The molecule has 0 aromatic heterocycles. The fourth-order valence-electron chi connectivity index (χ4n) is 3.35. The Morgan fingerprint density at radius 1 is 1.09 bits per heavy atom. The van der Waals surface area contributed by atoms with Crippen molar-refractivity contribution < 1.29 is 25.0 Å². The third-order valence-electron chi connectivity index (χ3n) is 5.09. The van der Waals surface area contributed by atoms with E-state index in [-0.39, 0.29) is 41.5 Å². The Hall–Kier alpha value is -4.05. The van der Waals surface area contributed by atoms with Crippen LogP contribution >= 0.6 is 0 Å². The number of phenolic OH excluding ortho intramolecular Hbond substituents is 2. The van der Waals surface area contributed by atoms with Gasteiger partial charge in [0.05, 0.1) is 23.2 Å². The minimum Gasteiger partial charge on any atom is -0.505 e. The summed E-state index contributed by atoms with van der Waals surface area (Å²) in [4.78, 5) is 24.8. The molecule has 0 radical (unpaired) electrons. The standard InChI is InChI=1S/C23H24N4O6/c1-2-3-10-26(11-12-28)23(31)18-13-15-6-4-5-7-17(15)21(22(18)30)25-24-19-9-8-16(27(32)33)14-20(19)29/h4-9,13-14,28-30H,2-3,10-12H2,1H3.